The fourth-order valence-corrected chi connectivity index (χ4v) is 1.97. The third-order valence-corrected chi connectivity index (χ3v) is 3.16. The van der Waals surface area contributed by atoms with Crippen molar-refractivity contribution in [2.24, 2.45) is 0 Å². The Morgan fingerprint density at radius 2 is 1.89 bits per heavy atom. The minimum atomic E-state index is 0.765. The smallest absolute Gasteiger partial charge is 0.0574 e. The lowest BCUT2D eigenvalue weighted by Crippen LogP contribution is -2.07. The van der Waals surface area contributed by atoms with Gasteiger partial charge in [-0.1, -0.05) is 48.6 Å². The second-order valence-electron chi connectivity index (χ2n) is 4.71. The van der Waals surface area contributed by atoms with Crippen LogP contribution in [0.1, 0.15) is 16.7 Å². The van der Waals surface area contributed by atoms with Crippen molar-refractivity contribution in [2.45, 2.75) is 13.3 Å². The maximum absolute atomic E-state index is 5.99. The molecule has 0 bridgehead atoms. The van der Waals surface area contributed by atoms with Crippen molar-refractivity contribution in [1.82, 2.24) is 0 Å². The Labute approximate surface area is 115 Å². The molecule has 0 radical (unpaired) electrons. The average Bonchev–Trinajstić information content (AvgIpc) is 2.42. The van der Waals surface area contributed by atoms with E-state index in [1.165, 1.54) is 11.1 Å². The highest BCUT2D eigenvalue weighted by atomic mass is 14.9. The van der Waals surface area contributed by atoms with Crippen molar-refractivity contribution in [2.75, 3.05) is 17.6 Å². The number of aryl methyl sites for hydroxylation is 1. The third-order valence-electron chi connectivity index (χ3n) is 3.16. The zero-order chi connectivity index (χ0) is 13.7. The summed E-state index contributed by atoms with van der Waals surface area (Å²) in [6.45, 7) is 6.71. The Balaban J connectivity index is 1.92. The molecule has 0 aliphatic carbocycles. The molecule has 0 amide bonds. The molecule has 2 heteroatoms. The molecule has 3 N–H and O–H groups in total. The number of nitrogens with one attached hydrogen (secondary N) is 1. The van der Waals surface area contributed by atoms with E-state index in [-0.39, 0.29) is 0 Å². The predicted octanol–water partition coefficient (Wildman–Crippen LogP) is 3.87. The molecule has 0 aliphatic heterocycles. The van der Waals surface area contributed by atoms with Crippen LogP contribution < -0.4 is 11.1 Å². The minimum Gasteiger partial charge on any atom is -0.397 e. The molecule has 0 spiro atoms. The van der Waals surface area contributed by atoms with Crippen LogP contribution in [-0.4, -0.2) is 6.54 Å². The molecular weight excluding hydrogens is 232 g/mol. The Bertz CT molecular complexity index is 556. The van der Waals surface area contributed by atoms with Crippen molar-refractivity contribution < 1.29 is 0 Å². The maximum Gasteiger partial charge on any atom is 0.0574 e. The van der Waals surface area contributed by atoms with E-state index in [0.717, 1.165) is 29.9 Å². The summed E-state index contributed by atoms with van der Waals surface area (Å²) < 4.78 is 0. The van der Waals surface area contributed by atoms with Crippen molar-refractivity contribution >= 4 is 17.5 Å². The fraction of sp³-hybridized carbons (Fsp3) is 0.176. The summed E-state index contributed by atoms with van der Waals surface area (Å²) >= 11 is 0. The molecule has 98 valence electrons. The number of hydrogen-bond acceptors (Lipinski definition) is 2. The third kappa shape index (κ3) is 3.62. The average molecular weight is 252 g/mol. The van der Waals surface area contributed by atoms with E-state index in [9.17, 15) is 0 Å². The van der Waals surface area contributed by atoms with Crippen LogP contribution in [0.3, 0.4) is 0 Å². The summed E-state index contributed by atoms with van der Waals surface area (Å²) in [5.41, 5.74) is 11.4. The molecule has 0 fully saturated rings. The Morgan fingerprint density at radius 3 is 2.53 bits per heavy atom. The van der Waals surface area contributed by atoms with E-state index in [1.807, 2.05) is 18.2 Å². The molecule has 0 atom stereocenters. The van der Waals surface area contributed by atoms with Gasteiger partial charge < -0.3 is 11.1 Å². The van der Waals surface area contributed by atoms with Crippen LogP contribution in [-0.2, 0) is 6.42 Å². The van der Waals surface area contributed by atoms with Crippen LogP contribution in [0, 0.1) is 6.92 Å². The van der Waals surface area contributed by atoms with E-state index in [1.54, 1.807) is 6.08 Å². The Hall–Kier alpha value is -2.22. The second-order valence-corrected chi connectivity index (χ2v) is 4.71. The first-order valence-corrected chi connectivity index (χ1v) is 6.50. The normalized spacial score (nSPS) is 10.2. The van der Waals surface area contributed by atoms with Gasteiger partial charge in [0, 0.05) is 6.54 Å². The molecule has 0 aromatic heterocycles. The molecule has 0 saturated heterocycles. The quantitative estimate of drug-likeness (QED) is 0.793. The summed E-state index contributed by atoms with van der Waals surface area (Å²) in [4.78, 5) is 0. The standard InChI is InChI=1S/C17H20N2/c1-3-14-8-9-17(16(18)12-14)19-11-10-15-6-4-13(2)5-7-15/h3-9,12,19H,1,10-11,18H2,2H3. The molecule has 2 nitrogen and oxygen atoms in total. The fourth-order valence-electron chi connectivity index (χ4n) is 1.97. The van der Waals surface area contributed by atoms with Crippen LogP contribution in [0.5, 0.6) is 0 Å². The summed E-state index contributed by atoms with van der Waals surface area (Å²) in [5, 5.41) is 3.37. The van der Waals surface area contributed by atoms with Crippen molar-refractivity contribution in [3.05, 3.63) is 65.7 Å². The van der Waals surface area contributed by atoms with Gasteiger partial charge in [0.15, 0.2) is 0 Å². The number of benzene rings is 2. The molecule has 2 rings (SSSR count). The van der Waals surface area contributed by atoms with Crippen LogP contribution in [0.2, 0.25) is 0 Å². The number of hydrogen-bond donors (Lipinski definition) is 2. The van der Waals surface area contributed by atoms with Gasteiger partial charge in [0.25, 0.3) is 0 Å². The monoisotopic (exact) mass is 252 g/mol. The van der Waals surface area contributed by atoms with Crippen LogP contribution in [0.4, 0.5) is 11.4 Å². The van der Waals surface area contributed by atoms with E-state index >= 15 is 0 Å². The summed E-state index contributed by atoms with van der Waals surface area (Å²) in [5.74, 6) is 0. The molecule has 0 heterocycles. The highest BCUT2D eigenvalue weighted by molar-refractivity contribution is 5.70. The van der Waals surface area contributed by atoms with E-state index in [2.05, 4.69) is 43.1 Å². The molecule has 0 saturated carbocycles. The largest absolute Gasteiger partial charge is 0.397 e. The summed E-state index contributed by atoms with van der Waals surface area (Å²) in [7, 11) is 0. The van der Waals surface area contributed by atoms with Gasteiger partial charge >= 0.3 is 0 Å². The molecule has 19 heavy (non-hydrogen) atoms. The van der Waals surface area contributed by atoms with Gasteiger partial charge in [-0.3, -0.25) is 0 Å². The molecule has 0 aliphatic rings. The Morgan fingerprint density at radius 1 is 1.16 bits per heavy atom. The highest BCUT2D eigenvalue weighted by Gasteiger charge is 1.99. The van der Waals surface area contributed by atoms with E-state index in [0.29, 0.717) is 0 Å². The number of nitrogen functional groups attached to an aromatic ring is 1. The van der Waals surface area contributed by atoms with Gasteiger partial charge in [-0.15, -0.1) is 0 Å². The lowest BCUT2D eigenvalue weighted by Gasteiger charge is -2.10. The van der Waals surface area contributed by atoms with Gasteiger partial charge in [0.2, 0.25) is 0 Å². The van der Waals surface area contributed by atoms with Gasteiger partial charge in [0.1, 0.15) is 0 Å². The van der Waals surface area contributed by atoms with Gasteiger partial charge in [0.05, 0.1) is 11.4 Å². The lowest BCUT2D eigenvalue weighted by molar-refractivity contribution is 1.02. The van der Waals surface area contributed by atoms with Crippen molar-refractivity contribution in [3.63, 3.8) is 0 Å². The SMILES string of the molecule is C=Cc1ccc(NCCc2ccc(C)cc2)c(N)c1. The lowest BCUT2D eigenvalue weighted by atomic mass is 10.1. The molecular formula is C17H20N2. The number of rotatable bonds is 5. The number of anilines is 2. The van der Waals surface area contributed by atoms with Gasteiger partial charge in [-0.25, -0.2) is 0 Å². The minimum absolute atomic E-state index is 0.765. The van der Waals surface area contributed by atoms with E-state index in [4.69, 9.17) is 5.73 Å². The molecule has 2 aromatic rings. The van der Waals surface area contributed by atoms with Gasteiger partial charge in [-0.2, -0.15) is 0 Å². The summed E-state index contributed by atoms with van der Waals surface area (Å²) in [6.07, 6.45) is 2.79. The first kappa shape index (κ1) is 13.2. The number of nitrogens with two attached hydrogens (primary N) is 1. The first-order valence-electron chi connectivity index (χ1n) is 6.50. The molecule has 0 unspecified atom stereocenters. The first-order chi connectivity index (χ1) is 9.19. The van der Waals surface area contributed by atoms with Crippen LogP contribution in [0.25, 0.3) is 6.08 Å². The molecule has 2 aromatic carbocycles. The summed E-state index contributed by atoms with van der Waals surface area (Å²) in [6, 6.07) is 14.6. The van der Waals surface area contributed by atoms with Crippen molar-refractivity contribution in [3.8, 4) is 0 Å². The van der Waals surface area contributed by atoms with Crippen LogP contribution in [0.15, 0.2) is 49.0 Å². The second kappa shape index (κ2) is 6.10. The van der Waals surface area contributed by atoms with Gasteiger partial charge in [-0.05, 0) is 36.6 Å². The zero-order valence-corrected chi connectivity index (χ0v) is 11.3. The van der Waals surface area contributed by atoms with Crippen molar-refractivity contribution in [1.29, 1.82) is 0 Å². The predicted molar refractivity (Wildman–Crippen MR) is 84.3 cm³/mol. The van der Waals surface area contributed by atoms with Crippen LogP contribution >= 0.6 is 0 Å². The zero-order valence-electron chi connectivity index (χ0n) is 11.3. The highest BCUT2D eigenvalue weighted by Crippen LogP contribution is 2.20. The Kier molecular flexibility index (Phi) is 4.24. The van der Waals surface area contributed by atoms with E-state index < -0.39 is 0 Å². The maximum atomic E-state index is 5.99. The topological polar surface area (TPSA) is 38.0 Å².